The molecule has 0 aliphatic carbocycles. The number of fused-ring (bicyclic) bond motifs is 1. The highest BCUT2D eigenvalue weighted by atomic mass is 35.5. The summed E-state index contributed by atoms with van der Waals surface area (Å²) in [6.45, 7) is 6.45. The lowest BCUT2D eigenvalue weighted by Gasteiger charge is -2.34. The van der Waals surface area contributed by atoms with Crippen molar-refractivity contribution in [2.45, 2.75) is 6.54 Å². The molecule has 0 radical (unpaired) electrons. The molecule has 31 heavy (non-hydrogen) atoms. The normalized spacial score (nSPS) is 18.0. The first kappa shape index (κ1) is 20.2. The molecule has 2 aromatic heterocycles. The van der Waals surface area contributed by atoms with E-state index in [2.05, 4.69) is 9.80 Å². The maximum atomic E-state index is 12.5. The van der Waals surface area contributed by atoms with Gasteiger partial charge in [-0.3, -0.25) is 9.69 Å². The fourth-order valence-electron chi connectivity index (χ4n) is 4.08. The topological polar surface area (TPSA) is 74.9 Å². The lowest BCUT2D eigenvalue weighted by Crippen LogP contribution is -2.48. The number of benzene rings is 1. The summed E-state index contributed by atoms with van der Waals surface area (Å²) < 4.78 is 10.8. The van der Waals surface area contributed by atoms with Gasteiger partial charge >= 0.3 is 0 Å². The Morgan fingerprint density at radius 1 is 1.03 bits per heavy atom. The average Bonchev–Trinajstić information content (AvgIpc) is 3.34. The summed E-state index contributed by atoms with van der Waals surface area (Å²) in [4.78, 5) is 28.6. The number of rotatable bonds is 4. The molecule has 0 atom stereocenters. The third-order valence-corrected chi connectivity index (χ3v) is 5.99. The number of amides is 1. The SMILES string of the molecule is O=C(c1ccco1)N1CCN(Cc2nc(N3CCOCC3)c3ccc(Cl)cc3n2)CC1. The first-order valence-corrected chi connectivity index (χ1v) is 10.9. The number of hydrogen-bond acceptors (Lipinski definition) is 7. The van der Waals surface area contributed by atoms with Crippen LogP contribution in [0, 0.1) is 0 Å². The number of carbonyl (C=O) groups is 1. The molecule has 0 N–H and O–H groups in total. The Labute approximate surface area is 185 Å². The van der Waals surface area contributed by atoms with Crippen LogP contribution in [0.5, 0.6) is 0 Å². The third kappa shape index (κ3) is 4.37. The van der Waals surface area contributed by atoms with Crippen molar-refractivity contribution in [3.05, 3.63) is 53.2 Å². The summed E-state index contributed by atoms with van der Waals surface area (Å²) in [7, 11) is 0. The Morgan fingerprint density at radius 2 is 1.84 bits per heavy atom. The van der Waals surface area contributed by atoms with Crippen molar-refractivity contribution in [1.82, 2.24) is 19.8 Å². The first-order chi connectivity index (χ1) is 15.2. The first-order valence-electron chi connectivity index (χ1n) is 10.5. The van der Waals surface area contributed by atoms with Crippen molar-refractivity contribution < 1.29 is 13.9 Å². The van der Waals surface area contributed by atoms with Crippen molar-refractivity contribution in [3.63, 3.8) is 0 Å². The van der Waals surface area contributed by atoms with Crippen molar-refractivity contribution in [3.8, 4) is 0 Å². The van der Waals surface area contributed by atoms with E-state index >= 15 is 0 Å². The Hall–Kier alpha value is -2.68. The molecule has 0 unspecified atom stereocenters. The quantitative estimate of drug-likeness (QED) is 0.616. The average molecular weight is 442 g/mol. The lowest BCUT2D eigenvalue weighted by atomic mass is 10.2. The number of anilines is 1. The molecule has 0 bridgehead atoms. The molecule has 2 aliphatic heterocycles. The van der Waals surface area contributed by atoms with Gasteiger partial charge in [0.05, 0.1) is 31.5 Å². The molecule has 0 saturated carbocycles. The second-order valence-electron chi connectivity index (χ2n) is 7.77. The molecule has 2 aliphatic rings. The van der Waals surface area contributed by atoms with Crippen LogP contribution in [0.15, 0.2) is 41.0 Å². The van der Waals surface area contributed by atoms with E-state index in [1.54, 1.807) is 12.1 Å². The zero-order valence-corrected chi connectivity index (χ0v) is 17.9. The predicted octanol–water partition coefficient (Wildman–Crippen LogP) is 2.67. The van der Waals surface area contributed by atoms with E-state index in [0.717, 1.165) is 48.7 Å². The monoisotopic (exact) mass is 441 g/mol. The molecule has 4 heterocycles. The molecular weight excluding hydrogens is 418 g/mol. The Balaban J connectivity index is 1.33. The fourth-order valence-corrected chi connectivity index (χ4v) is 4.25. The second-order valence-corrected chi connectivity index (χ2v) is 8.21. The predicted molar refractivity (Wildman–Crippen MR) is 117 cm³/mol. The number of carbonyl (C=O) groups excluding carboxylic acids is 1. The van der Waals surface area contributed by atoms with Crippen LogP contribution < -0.4 is 4.90 Å². The number of ether oxygens (including phenoxy) is 1. The van der Waals surface area contributed by atoms with E-state index in [1.165, 1.54) is 6.26 Å². The minimum Gasteiger partial charge on any atom is -0.459 e. The molecule has 3 aromatic rings. The summed E-state index contributed by atoms with van der Waals surface area (Å²) >= 11 is 6.24. The zero-order chi connectivity index (χ0) is 21.2. The number of aromatic nitrogens is 2. The van der Waals surface area contributed by atoms with Gasteiger partial charge in [-0.15, -0.1) is 0 Å². The van der Waals surface area contributed by atoms with Gasteiger partial charge in [0.1, 0.15) is 11.6 Å². The van der Waals surface area contributed by atoms with Crippen LogP contribution in [0.3, 0.4) is 0 Å². The molecule has 9 heteroatoms. The minimum atomic E-state index is -0.0594. The zero-order valence-electron chi connectivity index (χ0n) is 17.2. The van der Waals surface area contributed by atoms with Gasteiger partial charge in [-0.2, -0.15) is 0 Å². The number of piperazine rings is 1. The van der Waals surface area contributed by atoms with Crippen LogP contribution in [0.1, 0.15) is 16.4 Å². The molecule has 5 rings (SSSR count). The number of halogens is 1. The van der Waals surface area contributed by atoms with E-state index in [1.807, 2.05) is 23.1 Å². The highest BCUT2D eigenvalue weighted by Crippen LogP contribution is 2.27. The molecule has 1 aromatic carbocycles. The highest BCUT2D eigenvalue weighted by Gasteiger charge is 2.25. The Kier molecular flexibility index (Phi) is 5.76. The van der Waals surface area contributed by atoms with Crippen LogP contribution in [0.2, 0.25) is 5.02 Å². The molecule has 8 nitrogen and oxygen atoms in total. The maximum absolute atomic E-state index is 12.5. The molecule has 1 amide bonds. The fraction of sp³-hybridized carbons (Fsp3) is 0.409. The Bertz CT molecular complexity index is 1060. The van der Waals surface area contributed by atoms with Crippen molar-refractivity contribution in [1.29, 1.82) is 0 Å². The standard InChI is InChI=1S/C22H24ClN5O3/c23-16-3-4-17-18(14-16)24-20(25-21(17)27-9-12-30-13-10-27)15-26-5-7-28(8-6-26)22(29)19-2-1-11-31-19/h1-4,11,14H,5-10,12-13,15H2. The van der Waals surface area contributed by atoms with E-state index < -0.39 is 0 Å². The summed E-state index contributed by atoms with van der Waals surface area (Å²) in [5.41, 5.74) is 0.852. The number of morpholine rings is 1. The maximum Gasteiger partial charge on any atom is 0.289 e. The largest absolute Gasteiger partial charge is 0.459 e. The minimum absolute atomic E-state index is 0.0594. The van der Waals surface area contributed by atoms with Crippen LogP contribution >= 0.6 is 11.6 Å². The molecule has 2 saturated heterocycles. The van der Waals surface area contributed by atoms with Crippen LogP contribution in [-0.2, 0) is 11.3 Å². The van der Waals surface area contributed by atoms with Crippen LogP contribution in [-0.4, -0.2) is 78.2 Å². The molecular formula is C22H24ClN5O3. The summed E-state index contributed by atoms with van der Waals surface area (Å²) in [6, 6.07) is 9.21. The van der Waals surface area contributed by atoms with E-state index in [4.69, 9.17) is 30.7 Å². The number of nitrogens with zero attached hydrogens (tertiary/aromatic N) is 5. The highest BCUT2D eigenvalue weighted by molar-refractivity contribution is 6.31. The van der Waals surface area contributed by atoms with E-state index in [-0.39, 0.29) is 5.91 Å². The van der Waals surface area contributed by atoms with Crippen molar-refractivity contribution >= 4 is 34.2 Å². The van der Waals surface area contributed by atoms with Gasteiger partial charge in [0.25, 0.3) is 5.91 Å². The van der Waals surface area contributed by atoms with Gasteiger partial charge in [0.15, 0.2) is 5.76 Å². The Morgan fingerprint density at radius 3 is 2.58 bits per heavy atom. The number of hydrogen-bond donors (Lipinski definition) is 0. The summed E-state index contributed by atoms with van der Waals surface area (Å²) in [5, 5.41) is 1.67. The van der Waals surface area contributed by atoms with Gasteiger partial charge in [0, 0.05) is 49.7 Å². The summed E-state index contributed by atoms with van der Waals surface area (Å²) in [5.74, 6) is 2.03. The van der Waals surface area contributed by atoms with Gasteiger partial charge in [0.2, 0.25) is 0 Å². The third-order valence-electron chi connectivity index (χ3n) is 5.75. The van der Waals surface area contributed by atoms with E-state index in [0.29, 0.717) is 43.6 Å². The van der Waals surface area contributed by atoms with Gasteiger partial charge in [-0.05, 0) is 30.3 Å². The van der Waals surface area contributed by atoms with Gasteiger partial charge < -0.3 is 19.0 Å². The lowest BCUT2D eigenvalue weighted by molar-refractivity contribution is 0.0595. The molecule has 2 fully saturated rings. The van der Waals surface area contributed by atoms with Crippen molar-refractivity contribution in [2.75, 3.05) is 57.4 Å². The number of furan rings is 1. The van der Waals surface area contributed by atoms with Crippen LogP contribution in [0.25, 0.3) is 10.9 Å². The van der Waals surface area contributed by atoms with E-state index in [9.17, 15) is 4.79 Å². The molecule has 162 valence electrons. The second kappa shape index (κ2) is 8.82. The van der Waals surface area contributed by atoms with Gasteiger partial charge in [-0.1, -0.05) is 11.6 Å². The summed E-state index contributed by atoms with van der Waals surface area (Å²) in [6.07, 6.45) is 1.53. The molecule has 0 spiro atoms. The van der Waals surface area contributed by atoms with Gasteiger partial charge in [-0.25, -0.2) is 9.97 Å². The van der Waals surface area contributed by atoms with Crippen LogP contribution in [0.4, 0.5) is 5.82 Å². The smallest absolute Gasteiger partial charge is 0.289 e. The van der Waals surface area contributed by atoms with Crippen molar-refractivity contribution in [2.24, 2.45) is 0 Å².